The van der Waals surface area contributed by atoms with Gasteiger partial charge in [-0.25, -0.2) is 0 Å². The van der Waals surface area contributed by atoms with Gasteiger partial charge in [0.2, 0.25) is 5.91 Å². The number of hydrogen-bond acceptors (Lipinski definition) is 2. The highest BCUT2D eigenvalue weighted by atomic mass is 16.3. The number of unbranched alkanes of at least 4 members (excludes halogenated alkanes) is 1. The van der Waals surface area contributed by atoms with Gasteiger partial charge in [0, 0.05) is 19.6 Å². The fourth-order valence-electron chi connectivity index (χ4n) is 2.62. The molecule has 0 saturated carbocycles. The average molecular weight is 247 g/mol. The lowest BCUT2D eigenvalue weighted by Crippen LogP contribution is -2.30. The van der Waals surface area contributed by atoms with E-state index in [-0.39, 0.29) is 18.6 Å². The normalized spacial score (nSPS) is 19.2. The van der Waals surface area contributed by atoms with Crippen LogP contribution in [0.3, 0.4) is 0 Å². The van der Waals surface area contributed by atoms with E-state index in [1.165, 1.54) is 5.56 Å². The SMILES string of the molecule is O=C(CCCCO)N1CCCC1c1ccccc1. The minimum absolute atomic E-state index is 0.176. The molecule has 1 N–H and O–H groups in total. The fraction of sp³-hybridized carbons (Fsp3) is 0.533. The molecular weight excluding hydrogens is 226 g/mol. The van der Waals surface area contributed by atoms with Gasteiger partial charge < -0.3 is 10.0 Å². The highest BCUT2D eigenvalue weighted by Crippen LogP contribution is 2.32. The molecule has 0 bridgehead atoms. The Morgan fingerprint density at radius 3 is 2.78 bits per heavy atom. The van der Waals surface area contributed by atoms with Crippen LogP contribution >= 0.6 is 0 Å². The molecule has 1 fully saturated rings. The maximum absolute atomic E-state index is 12.1. The van der Waals surface area contributed by atoms with Crippen molar-refractivity contribution in [1.29, 1.82) is 0 Å². The van der Waals surface area contributed by atoms with Crippen LogP contribution in [-0.2, 0) is 4.79 Å². The topological polar surface area (TPSA) is 40.5 Å². The molecule has 1 heterocycles. The van der Waals surface area contributed by atoms with Gasteiger partial charge in [-0.3, -0.25) is 4.79 Å². The van der Waals surface area contributed by atoms with Gasteiger partial charge in [-0.2, -0.15) is 0 Å². The quantitative estimate of drug-likeness (QED) is 0.812. The largest absolute Gasteiger partial charge is 0.396 e. The van der Waals surface area contributed by atoms with Crippen LogP contribution in [0.4, 0.5) is 0 Å². The molecule has 1 saturated heterocycles. The van der Waals surface area contributed by atoms with Gasteiger partial charge in [-0.05, 0) is 31.2 Å². The number of hydrogen-bond donors (Lipinski definition) is 1. The van der Waals surface area contributed by atoms with Gasteiger partial charge in [0.05, 0.1) is 6.04 Å². The molecule has 1 aliphatic rings. The molecule has 1 unspecified atom stereocenters. The molecule has 3 heteroatoms. The van der Waals surface area contributed by atoms with E-state index in [4.69, 9.17) is 5.11 Å². The molecule has 2 rings (SSSR count). The van der Waals surface area contributed by atoms with Gasteiger partial charge >= 0.3 is 0 Å². The van der Waals surface area contributed by atoms with E-state index >= 15 is 0 Å². The summed E-state index contributed by atoms with van der Waals surface area (Å²) in [5.41, 5.74) is 1.24. The standard InChI is InChI=1S/C15H21NO2/c17-12-5-4-10-15(18)16-11-6-9-14(16)13-7-2-1-3-8-13/h1-3,7-8,14,17H,4-6,9-12H2. The molecule has 0 aliphatic carbocycles. The molecule has 1 amide bonds. The van der Waals surface area contributed by atoms with E-state index in [9.17, 15) is 4.79 Å². The van der Waals surface area contributed by atoms with Crippen LogP contribution < -0.4 is 0 Å². The predicted octanol–water partition coefficient (Wildman–Crippen LogP) is 2.51. The molecule has 3 nitrogen and oxygen atoms in total. The van der Waals surface area contributed by atoms with Crippen LogP contribution in [0.25, 0.3) is 0 Å². The van der Waals surface area contributed by atoms with Gasteiger partial charge in [0.25, 0.3) is 0 Å². The fourth-order valence-corrected chi connectivity index (χ4v) is 2.62. The van der Waals surface area contributed by atoms with Crippen molar-refractivity contribution in [2.45, 2.75) is 38.1 Å². The minimum atomic E-state index is 0.176. The number of likely N-dealkylation sites (tertiary alicyclic amines) is 1. The lowest BCUT2D eigenvalue weighted by atomic mass is 10.0. The summed E-state index contributed by atoms with van der Waals surface area (Å²) >= 11 is 0. The summed E-state index contributed by atoms with van der Waals surface area (Å²) in [7, 11) is 0. The third-order valence-electron chi connectivity index (χ3n) is 3.56. The molecule has 1 aromatic rings. The molecule has 0 radical (unpaired) electrons. The number of nitrogens with zero attached hydrogens (tertiary/aromatic N) is 1. The zero-order valence-corrected chi connectivity index (χ0v) is 10.7. The second kappa shape index (κ2) is 6.55. The Bertz CT molecular complexity index is 377. The van der Waals surface area contributed by atoms with E-state index < -0.39 is 0 Å². The number of rotatable bonds is 5. The van der Waals surface area contributed by atoms with E-state index in [0.717, 1.165) is 32.2 Å². The van der Waals surface area contributed by atoms with Crippen LogP contribution in [0.1, 0.15) is 43.7 Å². The monoisotopic (exact) mass is 247 g/mol. The molecule has 1 aromatic carbocycles. The second-order valence-electron chi connectivity index (χ2n) is 4.84. The number of amides is 1. The van der Waals surface area contributed by atoms with Gasteiger partial charge in [-0.15, -0.1) is 0 Å². The Balaban J connectivity index is 1.97. The third kappa shape index (κ3) is 3.10. The van der Waals surface area contributed by atoms with E-state index in [0.29, 0.717) is 6.42 Å². The molecule has 0 spiro atoms. The summed E-state index contributed by atoms with van der Waals surface area (Å²) in [6.07, 6.45) is 4.22. The molecule has 18 heavy (non-hydrogen) atoms. The van der Waals surface area contributed by atoms with E-state index in [1.807, 2.05) is 23.1 Å². The Morgan fingerprint density at radius 1 is 1.28 bits per heavy atom. The number of carbonyl (C=O) groups is 1. The predicted molar refractivity (Wildman–Crippen MR) is 71.1 cm³/mol. The summed E-state index contributed by atoms with van der Waals surface area (Å²) in [5, 5.41) is 8.75. The average Bonchev–Trinajstić information content (AvgIpc) is 2.89. The highest BCUT2D eigenvalue weighted by Gasteiger charge is 2.29. The summed E-state index contributed by atoms with van der Waals surface area (Å²) < 4.78 is 0. The molecule has 1 aliphatic heterocycles. The maximum Gasteiger partial charge on any atom is 0.223 e. The van der Waals surface area contributed by atoms with Crippen LogP contribution in [0, 0.1) is 0 Å². The summed E-state index contributed by atoms with van der Waals surface area (Å²) in [6, 6.07) is 10.5. The lowest BCUT2D eigenvalue weighted by Gasteiger charge is -2.25. The first kappa shape index (κ1) is 13.1. The van der Waals surface area contributed by atoms with E-state index in [2.05, 4.69) is 12.1 Å². The van der Waals surface area contributed by atoms with Crippen LogP contribution in [-0.4, -0.2) is 29.1 Å². The van der Waals surface area contributed by atoms with Crippen molar-refractivity contribution in [3.63, 3.8) is 0 Å². The van der Waals surface area contributed by atoms with Gasteiger partial charge in [0.15, 0.2) is 0 Å². The minimum Gasteiger partial charge on any atom is -0.396 e. The maximum atomic E-state index is 12.1. The molecule has 1 atom stereocenters. The Kier molecular flexibility index (Phi) is 4.76. The summed E-state index contributed by atoms with van der Waals surface area (Å²) in [4.78, 5) is 14.2. The first-order valence-corrected chi connectivity index (χ1v) is 6.78. The first-order valence-electron chi connectivity index (χ1n) is 6.78. The molecule has 0 aromatic heterocycles. The van der Waals surface area contributed by atoms with Crippen molar-refractivity contribution in [2.24, 2.45) is 0 Å². The highest BCUT2D eigenvalue weighted by molar-refractivity contribution is 5.77. The summed E-state index contributed by atoms with van der Waals surface area (Å²) in [5.74, 6) is 0.231. The Morgan fingerprint density at radius 2 is 2.06 bits per heavy atom. The van der Waals surface area contributed by atoms with Crippen molar-refractivity contribution < 1.29 is 9.90 Å². The molecular formula is C15H21NO2. The second-order valence-corrected chi connectivity index (χ2v) is 4.84. The van der Waals surface area contributed by atoms with Crippen molar-refractivity contribution in [2.75, 3.05) is 13.2 Å². The van der Waals surface area contributed by atoms with Crippen molar-refractivity contribution in [1.82, 2.24) is 4.90 Å². The number of aliphatic hydroxyl groups excluding tert-OH is 1. The smallest absolute Gasteiger partial charge is 0.223 e. The van der Waals surface area contributed by atoms with E-state index in [1.54, 1.807) is 0 Å². The van der Waals surface area contributed by atoms with Crippen LogP contribution in [0.15, 0.2) is 30.3 Å². The Labute approximate surface area is 108 Å². The zero-order chi connectivity index (χ0) is 12.8. The van der Waals surface area contributed by atoms with Crippen molar-refractivity contribution in [3.05, 3.63) is 35.9 Å². The number of benzene rings is 1. The van der Waals surface area contributed by atoms with Crippen LogP contribution in [0.2, 0.25) is 0 Å². The van der Waals surface area contributed by atoms with Crippen molar-refractivity contribution in [3.8, 4) is 0 Å². The number of aliphatic hydroxyl groups is 1. The van der Waals surface area contributed by atoms with Crippen molar-refractivity contribution >= 4 is 5.91 Å². The van der Waals surface area contributed by atoms with Crippen LogP contribution in [0.5, 0.6) is 0 Å². The Hall–Kier alpha value is -1.35. The van der Waals surface area contributed by atoms with Gasteiger partial charge in [-0.1, -0.05) is 30.3 Å². The zero-order valence-electron chi connectivity index (χ0n) is 10.7. The van der Waals surface area contributed by atoms with Gasteiger partial charge in [0.1, 0.15) is 0 Å². The lowest BCUT2D eigenvalue weighted by molar-refractivity contribution is -0.132. The first-order chi connectivity index (χ1) is 8.83. The number of carbonyl (C=O) groups excluding carboxylic acids is 1. The summed E-state index contributed by atoms with van der Waals surface area (Å²) in [6.45, 7) is 1.05. The molecule has 98 valence electrons. The third-order valence-corrected chi connectivity index (χ3v) is 3.56.